The summed E-state index contributed by atoms with van der Waals surface area (Å²) < 4.78 is 0. The zero-order chi connectivity index (χ0) is 39.9. The quantitative estimate of drug-likeness (QED) is 0.167. The minimum atomic E-state index is -0.851. The number of hydrogen-bond donors (Lipinski definition) is 4. The summed E-state index contributed by atoms with van der Waals surface area (Å²) in [5.74, 6) is 1.06. The maximum Gasteiger partial charge on any atom is 0.119 e. The Morgan fingerprint density at radius 3 is 0.558 bits per heavy atom. The van der Waals surface area contributed by atoms with Crippen molar-refractivity contribution < 1.29 is 20.4 Å². The first-order valence-electron chi connectivity index (χ1n) is 18.8. The Morgan fingerprint density at radius 1 is 0.269 bits per heavy atom. The molecule has 4 nitrogen and oxygen atoms in total. The highest BCUT2D eigenvalue weighted by Crippen LogP contribution is 2.58. The standard InChI is InChI=1S/C48H66O4/c1-27-19-39(49)35(43(5,6)7)23-31(27)47(17,32-24-36(44(8,9)10)40(50)20-28(32)2)48(18,33-25-37(45(11,12)13)41(51)21-29(33)3)34-26-38(46(14,15)16)42(52)22-30(34)4/h19-26,49-52H,1-18H3. The van der Waals surface area contributed by atoms with E-state index in [-0.39, 0.29) is 44.7 Å². The van der Waals surface area contributed by atoms with Gasteiger partial charge in [-0.2, -0.15) is 0 Å². The molecule has 0 bridgehead atoms. The first-order chi connectivity index (χ1) is 23.4. The molecule has 0 aliphatic carbocycles. The van der Waals surface area contributed by atoms with E-state index in [0.29, 0.717) is 0 Å². The van der Waals surface area contributed by atoms with Gasteiger partial charge in [0.1, 0.15) is 23.0 Å². The second-order valence-corrected chi connectivity index (χ2v) is 20.0. The van der Waals surface area contributed by atoms with Crippen molar-refractivity contribution in [3.8, 4) is 23.0 Å². The topological polar surface area (TPSA) is 80.9 Å². The molecule has 0 atom stereocenters. The van der Waals surface area contributed by atoms with E-state index in [2.05, 4.69) is 149 Å². The fourth-order valence-corrected chi connectivity index (χ4v) is 8.70. The summed E-state index contributed by atoms with van der Waals surface area (Å²) in [5, 5.41) is 45.9. The van der Waals surface area contributed by atoms with Crippen LogP contribution in [-0.2, 0) is 32.5 Å². The van der Waals surface area contributed by atoms with Crippen LogP contribution in [0.25, 0.3) is 0 Å². The Hall–Kier alpha value is -3.92. The molecule has 4 aromatic carbocycles. The molecule has 0 radical (unpaired) electrons. The molecule has 4 N–H and O–H groups in total. The summed E-state index contributed by atoms with van der Waals surface area (Å²) >= 11 is 0. The molecule has 0 saturated heterocycles. The number of aromatic hydroxyl groups is 4. The normalized spacial score (nSPS) is 13.5. The van der Waals surface area contributed by atoms with Crippen LogP contribution in [0.1, 0.15) is 164 Å². The van der Waals surface area contributed by atoms with Crippen LogP contribution in [0.5, 0.6) is 23.0 Å². The van der Waals surface area contributed by atoms with Gasteiger partial charge in [-0.1, -0.05) is 121 Å². The van der Waals surface area contributed by atoms with Crippen molar-refractivity contribution in [3.05, 3.63) is 115 Å². The molecule has 0 aliphatic rings. The Labute approximate surface area is 315 Å². The molecule has 0 fully saturated rings. The van der Waals surface area contributed by atoms with E-state index in [0.717, 1.165) is 66.8 Å². The second-order valence-electron chi connectivity index (χ2n) is 20.0. The van der Waals surface area contributed by atoms with E-state index in [4.69, 9.17) is 0 Å². The van der Waals surface area contributed by atoms with Crippen molar-refractivity contribution in [2.45, 2.75) is 157 Å². The van der Waals surface area contributed by atoms with E-state index in [1.165, 1.54) is 0 Å². The molecule has 0 spiro atoms. The van der Waals surface area contributed by atoms with E-state index in [1.807, 2.05) is 24.3 Å². The van der Waals surface area contributed by atoms with Crippen LogP contribution in [0, 0.1) is 27.7 Å². The van der Waals surface area contributed by atoms with Gasteiger partial charge in [0.15, 0.2) is 0 Å². The van der Waals surface area contributed by atoms with Crippen LogP contribution in [0.3, 0.4) is 0 Å². The molecular weight excluding hydrogens is 641 g/mol. The Kier molecular flexibility index (Phi) is 10.1. The van der Waals surface area contributed by atoms with Crippen molar-refractivity contribution in [2.24, 2.45) is 0 Å². The van der Waals surface area contributed by atoms with Crippen LogP contribution >= 0.6 is 0 Å². The van der Waals surface area contributed by atoms with Gasteiger partial charge in [-0.3, -0.25) is 0 Å². The summed E-state index contributed by atoms with van der Waals surface area (Å²) in [6.07, 6.45) is 0. The number of benzene rings is 4. The zero-order valence-electron chi connectivity index (χ0n) is 35.4. The van der Waals surface area contributed by atoms with E-state index in [1.54, 1.807) is 0 Å². The number of phenolic OH excluding ortho intramolecular Hbond substituents is 4. The van der Waals surface area contributed by atoms with Gasteiger partial charge in [0.25, 0.3) is 0 Å². The number of aryl methyl sites for hydroxylation is 4. The Morgan fingerprint density at radius 2 is 0.423 bits per heavy atom. The van der Waals surface area contributed by atoms with Gasteiger partial charge >= 0.3 is 0 Å². The second kappa shape index (κ2) is 12.9. The Bertz CT molecular complexity index is 1730. The highest BCUT2D eigenvalue weighted by molar-refractivity contribution is 5.65. The van der Waals surface area contributed by atoms with Crippen LogP contribution in [0.15, 0.2) is 48.5 Å². The molecule has 52 heavy (non-hydrogen) atoms. The molecular formula is C48H66O4. The Balaban J connectivity index is 2.48. The summed E-state index contributed by atoms with van der Waals surface area (Å²) in [6, 6.07) is 16.4. The summed E-state index contributed by atoms with van der Waals surface area (Å²) in [6.45, 7) is 38.5. The van der Waals surface area contributed by atoms with Gasteiger partial charge < -0.3 is 20.4 Å². The maximum atomic E-state index is 11.5. The zero-order valence-corrected chi connectivity index (χ0v) is 35.4. The van der Waals surface area contributed by atoms with Crippen molar-refractivity contribution in [1.82, 2.24) is 0 Å². The lowest BCUT2D eigenvalue weighted by Gasteiger charge is -2.52. The van der Waals surface area contributed by atoms with Crippen LogP contribution in [0.4, 0.5) is 0 Å². The molecule has 282 valence electrons. The third-order valence-corrected chi connectivity index (χ3v) is 11.8. The number of rotatable bonds is 5. The van der Waals surface area contributed by atoms with Crippen LogP contribution in [0.2, 0.25) is 0 Å². The van der Waals surface area contributed by atoms with E-state index < -0.39 is 10.8 Å². The predicted molar refractivity (Wildman–Crippen MR) is 219 cm³/mol. The lowest BCUT2D eigenvalue weighted by Crippen LogP contribution is -2.49. The minimum absolute atomic E-state index is 0.266. The van der Waals surface area contributed by atoms with Crippen LogP contribution < -0.4 is 0 Å². The van der Waals surface area contributed by atoms with E-state index >= 15 is 0 Å². The molecule has 0 aliphatic heterocycles. The molecule has 0 saturated carbocycles. The molecule has 4 rings (SSSR count). The predicted octanol–water partition coefficient (Wildman–Crippen LogP) is 12.2. The monoisotopic (exact) mass is 706 g/mol. The van der Waals surface area contributed by atoms with Gasteiger partial charge in [0, 0.05) is 10.8 Å². The first kappa shape index (κ1) is 40.8. The highest BCUT2D eigenvalue weighted by atomic mass is 16.3. The molecule has 4 aromatic rings. The fraction of sp³-hybridized carbons (Fsp3) is 0.500. The summed E-state index contributed by atoms with van der Waals surface area (Å²) in [4.78, 5) is 0. The number of hydrogen-bond acceptors (Lipinski definition) is 4. The maximum absolute atomic E-state index is 11.5. The van der Waals surface area contributed by atoms with Gasteiger partial charge in [-0.25, -0.2) is 0 Å². The average Bonchev–Trinajstić information content (AvgIpc) is 2.93. The van der Waals surface area contributed by atoms with Crippen LogP contribution in [-0.4, -0.2) is 20.4 Å². The SMILES string of the molecule is Cc1cc(O)c(C(C)(C)C)cc1C(C)(c1cc(C(C)(C)C)c(O)cc1C)C(C)(c1cc(C(C)(C)C)c(O)cc1C)c1cc(C(C)(C)C)c(O)cc1C. The third-order valence-electron chi connectivity index (χ3n) is 11.8. The minimum Gasteiger partial charge on any atom is -0.508 e. The van der Waals surface area contributed by atoms with Crippen molar-refractivity contribution in [2.75, 3.05) is 0 Å². The molecule has 0 aromatic heterocycles. The molecule has 0 unspecified atom stereocenters. The summed E-state index contributed by atoms with van der Waals surface area (Å²) in [7, 11) is 0. The van der Waals surface area contributed by atoms with Crippen molar-refractivity contribution in [1.29, 1.82) is 0 Å². The van der Waals surface area contributed by atoms with Gasteiger partial charge in [0.2, 0.25) is 0 Å². The first-order valence-corrected chi connectivity index (χ1v) is 18.8. The van der Waals surface area contributed by atoms with E-state index in [9.17, 15) is 20.4 Å². The molecule has 4 heteroatoms. The van der Waals surface area contributed by atoms with Crippen molar-refractivity contribution >= 4 is 0 Å². The fourth-order valence-electron chi connectivity index (χ4n) is 8.70. The highest BCUT2D eigenvalue weighted by Gasteiger charge is 2.53. The largest absolute Gasteiger partial charge is 0.508 e. The molecule has 0 amide bonds. The van der Waals surface area contributed by atoms with Gasteiger partial charge in [-0.05, 0) is 140 Å². The van der Waals surface area contributed by atoms with Gasteiger partial charge in [0.05, 0.1) is 0 Å². The summed E-state index contributed by atoms with van der Waals surface area (Å²) in [5.41, 5.74) is 8.30. The smallest absolute Gasteiger partial charge is 0.119 e. The third kappa shape index (κ3) is 6.83. The average molecular weight is 707 g/mol. The van der Waals surface area contributed by atoms with Gasteiger partial charge in [-0.15, -0.1) is 0 Å². The van der Waals surface area contributed by atoms with Crippen molar-refractivity contribution in [3.63, 3.8) is 0 Å². The number of phenols is 4. The molecule has 0 heterocycles. The lowest BCUT2D eigenvalue weighted by atomic mass is 9.50. The lowest BCUT2D eigenvalue weighted by molar-refractivity contribution is 0.346.